The number of sulfonamides is 1. The first-order valence-corrected chi connectivity index (χ1v) is 17.3. The minimum atomic E-state index is -4.24. The number of rotatable bonds is 14. The number of hydrogen-bond donors (Lipinski definition) is 1. The number of carbonyl (C=O) groups excluding carboxylic acids is 2. The van der Waals surface area contributed by atoms with Crippen molar-refractivity contribution >= 4 is 43.5 Å². The van der Waals surface area contributed by atoms with Gasteiger partial charge in [0.25, 0.3) is 10.0 Å². The van der Waals surface area contributed by atoms with Crippen molar-refractivity contribution in [2.24, 2.45) is 5.92 Å². The minimum Gasteiger partial charge on any atom is -0.496 e. The van der Waals surface area contributed by atoms with E-state index >= 15 is 0 Å². The Balaban J connectivity index is 1.79. The van der Waals surface area contributed by atoms with Crippen molar-refractivity contribution < 1.29 is 22.7 Å². The molecule has 8 nitrogen and oxygen atoms in total. The third-order valence-electron chi connectivity index (χ3n) is 7.46. The van der Waals surface area contributed by atoms with Crippen molar-refractivity contribution in [3.63, 3.8) is 0 Å². The Kier molecular flexibility index (Phi) is 12.0. The van der Waals surface area contributed by atoms with E-state index in [1.165, 1.54) is 24.1 Å². The maximum Gasteiger partial charge on any atom is 0.264 e. The molecule has 2 amide bonds. The summed E-state index contributed by atoms with van der Waals surface area (Å²) >= 11 is 3.39. The van der Waals surface area contributed by atoms with Gasteiger partial charge in [0.15, 0.2) is 0 Å². The van der Waals surface area contributed by atoms with Crippen LogP contribution in [0.15, 0.2) is 112 Å². The van der Waals surface area contributed by atoms with Gasteiger partial charge in [-0.25, -0.2) is 8.42 Å². The Morgan fingerprint density at radius 1 is 0.870 bits per heavy atom. The summed E-state index contributed by atoms with van der Waals surface area (Å²) in [5, 5.41) is 3.01. The van der Waals surface area contributed by atoms with Gasteiger partial charge in [-0.1, -0.05) is 92.2 Å². The monoisotopic (exact) mass is 705 g/mol. The Hall–Kier alpha value is -4.15. The summed E-state index contributed by atoms with van der Waals surface area (Å²) in [5.74, 6) is -0.139. The normalized spacial score (nSPS) is 12.0. The summed E-state index contributed by atoms with van der Waals surface area (Å²) in [6, 6.07) is 29.4. The maximum absolute atomic E-state index is 14.5. The van der Waals surface area contributed by atoms with Crippen molar-refractivity contribution in [2.75, 3.05) is 24.5 Å². The largest absolute Gasteiger partial charge is 0.496 e. The molecule has 4 aromatic carbocycles. The second-order valence-corrected chi connectivity index (χ2v) is 14.2. The zero-order valence-electron chi connectivity index (χ0n) is 26.5. The Labute approximate surface area is 280 Å². The van der Waals surface area contributed by atoms with Gasteiger partial charge in [-0.05, 0) is 70.2 Å². The number of hydrogen-bond acceptors (Lipinski definition) is 5. The van der Waals surface area contributed by atoms with Crippen LogP contribution in [0.3, 0.4) is 0 Å². The quantitative estimate of drug-likeness (QED) is 0.164. The van der Waals surface area contributed by atoms with Crippen LogP contribution in [0.1, 0.15) is 30.5 Å². The van der Waals surface area contributed by atoms with Crippen LogP contribution in [0, 0.1) is 12.8 Å². The molecule has 1 N–H and O–H groups in total. The van der Waals surface area contributed by atoms with Gasteiger partial charge >= 0.3 is 0 Å². The number of amides is 2. The standard InChI is InChI=1S/C36H40BrN3O5S/c1-26(2)23-38-36(42)33(21-28-11-7-5-8-12-28)39(24-29-13-9-6-10-14-29)35(41)25-40(30-17-15-27(3)16-18-30)46(43,44)31-19-20-34(45-4)32(37)22-31/h5-20,22,26,33H,21,23-25H2,1-4H3,(H,38,42)/t33-/m1/s1. The van der Waals surface area contributed by atoms with Gasteiger partial charge in [0.1, 0.15) is 18.3 Å². The van der Waals surface area contributed by atoms with Gasteiger partial charge in [-0.2, -0.15) is 0 Å². The van der Waals surface area contributed by atoms with Crippen LogP contribution in [-0.2, 0) is 32.6 Å². The molecule has 10 heteroatoms. The molecule has 0 aliphatic rings. The number of nitrogens with one attached hydrogen (secondary N) is 1. The number of nitrogens with zero attached hydrogens (tertiary/aromatic N) is 2. The molecule has 0 saturated carbocycles. The molecular formula is C36H40BrN3O5S. The summed E-state index contributed by atoms with van der Waals surface area (Å²) in [7, 11) is -2.75. The zero-order chi connectivity index (χ0) is 33.3. The number of carbonyl (C=O) groups is 2. The fourth-order valence-electron chi connectivity index (χ4n) is 4.93. The lowest BCUT2D eigenvalue weighted by Crippen LogP contribution is -2.53. The first-order valence-electron chi connectivity index (χ1n) is 15.1. The highest BCUT2D eigenvalue weighted by Gasteiger charge is 2.35. The smallest absolute Gasteiger partial charge is 0.264 e. The number of methoxy groups -OCH3 is 1. The summed E-state index contributed by atoms with van der Waals surface area (Å²) in [5.41, 5.74) is 2.96. The van der Waals surface area contributed by atoms with E-state index in [0.717, 1.165) is 21.0 Å². The highest BCUT2D eigenvalue weighted by molar-refractivity contribution is 9.10. The maximum atomic E-state index is 14.5. The van der Waals surface area contributed by atoms with Crippen LogP contribution in [-0.4, -0.2) is 51.4 Å². The SMILES string of the molecule is COc1ccc(S(=O)(=O)N(CC(=O)N(Cc2ccccc2)[C@H](Cc2ccccc2)C(=O)NCC(C)C)c2ccc(C)cc2)cc1Br. The number of benzene rings is 4. The number of halogens is 1. The average Bonchev–Trinajstić information content (AvgIpc) is 3.05. The molecule has 242 valence electrons. The van der Waals surface area contributed by atoms with Gasteiger partial charge in [-0.15, -0.1) is 0 Å². The molecule has 0 bridgehead atoms. The van der Waals surface area contributed by atoms with Crippen molar-refractivity contribution in [1.82, 2.24) is 10.2 Å². The molecule has 0 heterocycles. The predicted octanol–water partition coefficient (Wildman–Crippen LogP) is 6.37. The van der Waals surface area contributed by atoms with Crippen molar-refractivity contribution in [2.45, 2.75) is 44.7 Å². The van der Waals surface area contributed by atoms with Crippen molar-refractivity contribution in [3.8, 4) is 5.75 Å². The average molecular weight is 707 g/mol. The van der Waals surface area contributed by atoms with Gasteiger partial charge < -0.3 is 15.0 Å². The Morgan fingerprint density at radius 3 is 2.04 bits per heavy atom. The molecule has 0 saturated heterocycles. The predicted molar refractivity (Wildman–Crippen MR) is 185 cm³/mol. The molecule has 0 aliphatic heterocycles. The molecule has 46 heavy (non-hydrogen) atoms. The van der Waals surface area contributed by atoms with E-state index in [2.05, 4.69) is 21.2 Å². The molecule has 4 aromatic rings. The molecule has 1 atom stereocenters. The lowest BCUT2D eigenvalue weighted by molar-refractivity contribution is -0.140. The van der Waals surface area contributed by atoms with E-state index < -0.39 is 28.5 Å². The van der Waals surface area contributed by atoms with Gasteiger partial charge in [0.2, 0.25) is 11.8 Å². The number of ether oxygens (including phenoxy) is 1. The van der Waals surface area contributed by atoms with E-state index in [9.17, 15) is 18.0 Å². The van der Waals surface area contributed by atoms with Crippen LogP contribution in [0.2, 0.25) is 0 Å². The molecule has 0 aromatic heterocycles. The van der Waals surface area contributed by atoms with Crippen molar-refractivity contribution in [1.29, 1.82) is 0 Å². The minimum absolute atomic E-state index is 0.0151. The van der Waals surface area contributed by atoms with Crippen LogP contribution in [0.5, 0.6) is 5.75 Å². The molecule has 4 rings (SSSR count). The van der Waals surface area contributed by atoms with Crippen LogP contribution >= 0.6 is 15.9 Å². The molecule has 0 spiro atoms. The van der Waals surface area contributed by atoms with E-state index in [0.29, 0.717) is 22.5 Å². The van der Waals surface area contributed by atoms with Crippen LogP contribution < -0.4 is 14.4 Å². The number of aryl methyl sites for hydroxylation is 1. The second kappa shape index (κ2) is 15.9. The summed E-state index contributed by atoms with van der Waals surface area (Å²) in [6.07, 6.45) is 0.256. The Bertz CT molecular complexity index is 1720. The second-order valence-electron chi connectivity index (χ2n) is 11.5. The molecule has 0 unspecified atom stereocenters. The Morgan fingerprint density at radius 2 is 1.48 bits per heavy atom. The van der Waals surface area contributed by atoms with E-state index in [-0.39, 0.29) is 29.7 Å². The zero-order valence-corrected chi connectivity index (χ0v) is 28.9. The topological polar surface area (TPSA) is 96.0 Å². The fraction of sp³-hybridized carbons (Fsp3) is 0.278. The van der Waals surface area contributed by atoms with Gasteiger partial charge in [-0.3, -0.25) is 13.9 Å². The first kappa shape index (κ1) is 34.7. The van der Waals surface area contributed by atoms with Crippen LogP contribution in [0.25, 0.3) is 0 Å². The first-order chi connectivity index (χ1) is 22.0. The molecule has 0 fully saturated rings. The van der Waals surface area contributed by atoms with Crippen molar-refractivity contribution in [3.05, 3.63) is 124 Å². The highest BCUT2D eigenvalue weighted by Crippen LogP contribution is 2.31. The van der Waals surface area contributed by atoms with E-state index in [1.807, 2.05) is 81.4 Å². The van der Waals surface area contributed by atoms with E-state index in [1.54, 1.807) is 30.3 Å². The highest BCUT2D eigenvalue weighted by atomic mass is 79.9. The third-order valence-corrected chi connectivity index (χ3v) is 9.85. The van der Waals surface area contributed by atoms with Gasteiger partial charge in [0.05, 0.1) is 22.2 Å². The lowest BCUT2D eigenvalue weighted by Gasteiger charge is -2.34. The molecule has 0 aliphatic carbocycles. The third kappa shape index (κ3) is 8.98. The summed E-state index contributed by atoms with van der Waals surface area (Å²) in [4.78, 5) is 29.9. The fourth-order valence-corrected chi connectivity index (χ4v) is 7.06. The number of anilines is 1. The molecular weight excluding hydrogens is 666 g/mol. The summed E-state index contributed by atoms with van der Waals surface area (Å²) < 4.78 is 35.4. The lowest BCUT2D eigenvalue weighted by atomic mass is 10.0. The molecule has 0 radical (unpaired) electrons. The van der Waals surface area contributed by atoms with E-state index in [4.69, 9.17) is 4.74 Å². The van der Waals surface area contributed by atoms with Crippen LogP contribution in [0.4, 0.5) is 5.69 Å². The summed E-state index contributed by atoms with van der Waals surface area (Å²) in [6.45, 7) is 5.93. The van der Waals surface area contributed by atoms with Gasteiger partial charge in [0, 0.05) is 19.5 Å².